The first-order chi connectivity index (χ1) is 15.3. The standard InChI is InChI=1S/C26H33N3O3/c1-6-21-8-7-20(12-27-21)26(31)29-14-22-11-23(29)13-28(22)19(5)24-9-10-25(18(4)17(24)3)32-15-16(2)30/h7-10,12,19,22-23H,6,11,13-15H2,1-5H3/t19-,22-,23-/m0/s1. The van der Waals surface area contributed by atoms with Crippen LogP contribution in [0.3, 0.4) is 0 Å². The molecule has 0 N–H and O–H groups in total. The van der Waals surface area contributed by atoms with Crippen molar-refractivity contribution in [2.24, 2.45) is 0 Å². The summed E-state index contributed by atoms with van der Waals surface area (Å²) in [5, 5.41) is 0. The summed E-state index contributed by atoms with van der Waals surface area (Å²) in [6, 6.07) is 8.84. The molecule has 2 aromatic rings. The zero-order valence-electron chi connectivity index (χ0n) is 19.7. The summed E-state index contributed by atoms with van der Waals surface area (Å²) in [5.74, 6) is 0.888. The zero-order chi connectivity index (χ0) is 23.0. The van der Waals surface area contributed by atoms with Gasteiger partial charge < -0.3 is 9.64 Å². The van der Waals surface area contributed by atoms with E-state index in [1.165, 1.54) is 18.1 Å². The van der Waals surface area contributed by atoms with Gasteiger partial charge in [0.15, 0.2) is 5.78 Å². The van der Waals surface area contributed by atoms with Gasteiger partial charge in [0, 0.05) is 43.1 Å². The maximum absolute atomic E-state index is 13.1. The molecule has 6 nitrogen and oxygen atoms in total. The van der Waals surface area contributed by atoms with E-state index in [0.717, 1.165) is 42.9 Å². The molecule has 0 spiro atoms. The van der Waals surface area contributed by atoms with Crippen molar-refractivity contribution in [1.82, 2.24) is 14.8 Å². The number of Topliss-reactive ketones (excluding diaryl/α,β-unsaturated/α-hetero) is 1. The van der Waals surface area contributed by atoms with E-state index in [4.69, 9.17) is 4.74 Å². The van der Waals surface area contributed by atoms with Gasteiger partial charge in [-0.15, -0.1) is 0 Å². The molecule has 170 valence electrons. The molecule has 4 rings (SSSR count). The van der Waals surface area contributed by atoms with Crippen molar-refractivity contribution in [2.75, 3.05) is 19.7 Å². The number of benzene rings is 1. The molecule has 0 saturated carbocycles. The van der Waals surface area contributed by atoms with Gasteiger partial charge in [-0.05, 0) is 75.4 Å². The van der Waals surface area contributed by atoms with Gasteiger partial charge in [0.2, 0.25) is 0 Å². The molecule has 6 heteroatoms. The predicted molar refractivity (Wildman–Crippen MR) is 124 cm³/mol. The zero-order valence-corrected chi connectivity index (χ0v) is 19.7. The Bertz CT molecular complexity index is 1020. The normalized spacial score (nSPS) is 21.1. The van der Waals surface area contributed by atoms with Crippen LogP contribution in [-0.4, -0.2) is 58.3 Å². The molecule has 1 aromatic heterocycles. The van der Waals surface area contributed by atoms with Crippen molar-refractivity contribution in [3.05, 3.63) is 58.4 Å². The number of aromatic nitrogens is 1. The number of hydrogen-bond donors (Lipinski definition) is 0. The van der Waals surface area contributed by atoms with Gasteiger partial charge in [-0.1, -0.05) is 13.0 Å². The van der Waals surface area contributed by atoms with E-state index in [2.05, 4.69) is 43.6 Å². The lowest BCUT2D eigenvalue weighted by Gasteiger charge is -2.38. The number of nitrogens with zero attached hydrogens (tertiary/aromatic N) is 3. The lowest BCUT2D eigenvalue weighted by molar-refractivity contribution is -0.118. The first-order valence-corrected chi connectivity index (χ1v) is 11.5. The molecule has 0 radical (unpaired) electrons. The summed E-state index contributed by atoms with van der Waals surface area (Å²) in [6.07, 6.45) is 3.61. The van der Waals surface area contributed by atoms with E-state index >= 15 is 0 Å². The van der Waals surface area contributed by atoms with Gasteiger partial charge in [0.1, 0.15) is 12.4 Å². The second-order valence-electron chi connectivity index (χ2n) is 9.16. The van der Waals surface area contributed by atoms with Crippen LogP contribution in [0.2, 0.25) is 0 Å². The fourth-order valence-corrected chi connectivity index (χ4v) is 5.13. The molecular weight excluding hydrogens is 402 g/mol. The first kappa shape index (κ1) is 22.5. The number of carbonyl (C=O) groups excluding carboxylic acids is 2. The van der Waals surface area contributed by atoms with E-state index in [1.54, 1.807) is 6.20 Å². The second-order valence-corrected chi connectivity index (χ2v) is 9.16. The quantitative estimate of drug-likeness (QED) is 0.660. The number of fused-ring (bicyclic) bond motifs is 2. The van der Waals surface area contributed by atoms with Crippen LogP contribution in [0.5, 0.6) is 5.75 Å². The highest BCUT2D eigenvalue weighted by Crippen LogP contribution is 2.39. The fourth-order valence-electron chi connectivity index (χ4n) is 5.13. The van der Waals surface area contributed by atoms with E-state index in [1.807, 2.05) is 23.1 Å². The van der Waals surface area contributed by atoms with Gasteiger partial charge in [-0.2, -0.15) is 0 Å². The monoisotopic (exact) mass is 435 g/mol. The average molecular weight is 436 g/mol. The van der Waals surface area contributed by atoms with E-state index in [9.17, 15) is 9.59 Å². The van der Waals surface area contributed by atoms with Crippen molar-refractivity contribution in [2.45, 2.75) is 65.6 Å². The highest BCUT2D eigenvalue weighted by Gasteiger charge is 2.47. The van der Waals surface area contributed by atoms with Gasteiger partial charge >= 0.3 is 0 Å². The Hall–Kier alpha value is -2.73. The van der Waals surface area contributed by atoms with Crippen LogP contribution in [-0.2, 0) is 11.2 Å². The van der Waals surface area contributed by atoms with Crippen LogP contribution in [0.15, 0.2) is 30.5 Å². The van der Waals surface area contributed by atoms with Crippen LogP contribution in [0, 0.1) is 13.8 Å². The van der Waals surface area contributed by atoms with Crippen LogP contribution < -0.4 is 4.74 Å². The number of ether oxygens (including phenoxy) is 1. The largest absolute Gasteiger partial charge is 0.486 e. The number of ketones is 1. The van der Waals surface area contributed by atoms with Crippen molar-refractivity contribution < 1.29 is 14.3 Å². The topological polar surface area (TPSA) is 62.7 Å². The number of likely N-dealkylation sites (tertiary alicyclic amines) is 2. The lowest BCUT2D eigenvalue weighted by Crippen LogP contribution is -2.49. The van der Waals surface area contributed by atoms with Crippen molar-refractivity contribution in [3.63, 3.8) is 0 Å². The van der Waals surface area contributed by atoms with Gasteiger partial charge in [0.05, 0.1) is 5.56 Å². The Labute approximate surface area is 190 Å². The highest BCUT2D eigenvalue weighted by atomic mass is 16.5. The molecule has 3 atom stereocenters. The molecule has 2 bridgehead atoms. The minimum Gasteiger partial charge on any atom is -0.486 e. The van der Waals surface area contributed by atoms with Crippen molar-refractivity contribution >= 4 is 11.7 Å². The Balaban J connectivity index is 1.44. The third kappa shape index (κ3) is 4.16. The summed E-state index contributed by atoms with van der Waals surface area (Å²) in [6.45, 7) is 11.8. The number of aryl methyl sites for hydroxylation is 1. The number of carbonyl (C=O) groups is 2. The second kappa shape index (κ2) is 9.02. The minimum atomic E-state index is 0.0174. The summed E-state index contributed by atoms with van der Waals surface area (Å²) < 4.78 is 5.67. The average Bonchev–Trinajstić information content (AvgIpc) is 3.40. The highest BCUT2D eigenvalue weighted by molar-refractivity contribution is 5.94. The molecule has 1 amide bonds. The van der Waals surface area contributed by atoms with E-state index in [0.29, 0.717) is 11.6 Å². The summed E-state index contributed by atoms with van der Waals surface area (Å²) in [4.78, 5) is 33.3. The maximum Gasteiger partial charge on any atom is 0.255 e. The molecule has 0 aliphatic carbocycles. The molecule has 2 aliphatic rings. The van der Waals surface area contributed by atoms with E-state index in [-0.39, 0.29) is 30.4 Å². The Morgan fingerprint density at radius 1 is 1.12 bits per heavy atom. The molecule has 2 aliphatic heterocycles. The van der Waals surface area contributed by atoms with Crippen LogP contribution in [0.1, 0.15) is 66.0 Å². The van der Waals surface area contributed by atoms with Gasteiger partial charge in [-0.25, -0.2) is 0 Å². The number of hydrogen-bond acceptors (Lipinski definition) is 5. The van der Waals surface area contributed by atoms with Crippen molar-refractivity contribution in [1.29, 1.82) is 0 Å². The molecule has 2 fully saturated rings. The fraction of sp³-hybridized carbons (Fsp3) is 0.500. The lowest BCUT2D eigenvalue weighted by atomic mass is 9.96. The van der Waals surface area contributed by atoms with Crippen LogP contribution in [0.4, 0.5) is 0 Å². The first-order valence-electron chi connectivity index (χ1n) is 11.5. The maximum atomic E-state index is 13.1. The summed E-state index contributed by atoms with van der Waals surface area (Å²) >= 11 is 0. The SMILES string of the molecule is CCc1ccc(C(=O)N2C[C@@H]3C[C@H]2CN3[C@@H](C)c2ccc(OCC(C)=O)c(C)c2C)cn1. The number of pyridine rings is 1. The number of piperazine rings is 1. The Kier molecular flexibility index (Phi) is 6.33. The van der Waals surface area contributed by atoms with Gasteiger partial charge in [0.25, 0.3) is 5.91 Å². The predicted octanol–water partition coefficient (Wildman–Crippen LogP) is 3.89. The Morgan fingerprint density at radius 2 is 1.91 bits per heavy atom. The molecular formula is C26H33N3O3. The van der Waals surface area contributed by atoms with E-state index < -0.39 is 0 Å². The molecule has 0 unspecified atom stereocenters. The minimum absolute atomic E-state index is 0.0174. The van der Waals surface area contributed by atoms with Gasteiger partial charge in [-0.3, -0.25) is 19.5 Å². The van der Waals surface area contributed by atoms with Crippen molar-refractivity contribution in [3.8, 4) is 5.75 Å². The van der Waals surface area contributed by atoms with Crippen LogP contribution in [0.25, 0.3) is 0 Å². The molecule has 2 saturated heterocycles. The summed E-state index contributed by atoms with van der Waals surface area (Å²) in [5.41, 5.74) is 5.26. The molecule has 1 aromatic carbocycles. The number of rotatable bonds is 7. The Morgan fingerprint density at radius 3 is 2.50 bits per heavy atom. The number of amides is 1. The smallest absolute Gasteiger partial charge is 0.255 e. The van der Waals surface area contributed by atoms with Crippen LogP contribution >= 0.6 is 0 Å². The molecule has 3 heterocycles. The molecule has 32 heavy (non-hydrogen) atoms. The third-order valence-corrected chi connectivity index (χ3v) is 7.14. The third-order valence-electron chi connectivity index (χ3n) is 7.14. The summed E-state index contributed by atoms with van der Waals surface area (Å²) in [7, 11) is 0.